The number of aliphatic hydroxyl groups is 3. The van der Waals surface area contributed by atoms with Crippen LogP contribution < -0.4 is 14.2 Å². The molecule has 0 saturated heterocycles. The van der Waals surface area contributed by atoms with Crippen molar-refractivity contribution < 1.29 is 80.6 Å². The second-order valence-corrected chi connectivity index (χ2v) is 15.3. The van der Waals surface area contributed by atoms with Crippen LogP contribution in [0.25, 0.3) is 0 Å². The van der Waals surface area contributed by atoms with E-state index in [0.717, 1.165) is 12.1 Å². The first-order valence-corrected chi connectivity index (χ1v) is 19.0. The fraction of sp³-hybridized carbons (Fsp3) is 0.200. The van der Waals surface area contributed by atoms with Gasteiger partial charge in [0.2, 0.25) is 0 Å². The summed E-state index contributed by atoms with van der Waals surface area (Å²) in [6.07, 6.45) is -9.21. The van der Waals surface area contributed by atoms with Crippen LogP contribution in [0.5, 0.6) is 74.7 Å². The van der Waals surface area contributed by atoms with E-state index in [1.54, 1.807) is 0 Å². The van der Waals surface area contributed by atoms with Crippen molar-refractivity contribution in [3.63, 3.8) is 0 Å². The van der Waals surface area contributed by atoms with Crippen LogP contribution in [0.15, 0.2) is 91.0 Å². The minimum absolute atomic E-state index is 0.00791. The lowest BCUT2D eigenvalue weighted by molar-refractivity contribution is 0.000360. The van der Waals surface area contributed by atoms with Gasteiger partial charge in [0.1, 0.15) is 58.6 Å². The summed E-state index contributed by atoms with van der Waals surface area (Å²) in [7, 11) is 0. The molecule has 0 spiro atoms. The normalized spacial score (nSPS) is 24.0. The van der Waals surface area contributed by atoms with E-state index in [9.17, 15) is 66.4 Å². The van der Waals surface area contributed by atoms with Crippen molar-refractivity contribution in [3.05, 3.63) is 136 Å². The first-order valence-electron chi connectivity index (χ1n) is 19.0. The summed E-state index contributed by atoms with van der Waals surface area (Å²) in [4.78, 5) is 0. The minimum Gasteiger partial charge on any atom is -0.508 e. The van der Waals surface area contributed by atoms with Gasteiger partial charge in [0, 0.05) is 58.2 Å². The smallest absolute Gasteiger partial charge is 0.157 e. The maximum atomic E-state index is 12.9. The highest BCUT2D eigenvalue weighted by molar-refractivity contribution is 5.70. The molecule has 0 unspecified atom stereocenters. The van der Waals surface area contributed by atoms with E-state index >= 15 is 0 Å². The number of benzene rings is 6. The van der Waals surface area contributed by atoms with Crippen LogP contribution in [-0.2, 0) is 6.42 Å². The van der Waals surface area contributed by atoms with Gasteiger partial charge in [-0.1, -0.05) is 30.3 Å². The topological polar surface area (TPSA) is 291 Å². The van der Waals surface area contributed by atoms with E-state index in [4.69, 9.17) is 14.2 Å². The maximum Gasteiger partial charge on any atom is 0.157 e. The molecule has 0 saturated carbocycles. The molecule has 0 amide bonds. The summed E-state index contributed by atoms with van der Waals surface area (Å²) >= 11 is 0. The number of rotatable bonds is 5. The zero-order valence-electron chi connectivity index (χ0n) is 31.5. The zero-order chi connectivity index (χ0) is 43.2. The largest absolute Gasteiger partial charge is 0.508 e. The maximum absolute atomic E-state index is 12.9. The molecule has 3 aliphatic heterocycles. The molecular formula is C45H38O16. The third-order valence-electron chi connectivity index (χ3n) is 11.7. The van der Waals surface area contributed by atoms with Crippen molar-refractivity contribution in [2.45, 2.75) is 54.9 Å². The average molecular weight is 835 g/mol. The third-order valence-corrected chi connectivity index (χ3v) is 11.7. The molecule has 3 heterocycles. The molecule has 61 heavy (non-hydrogen) atoms. The summed E-state index contributed by atoms with van der Waals surface area (Å²) < 4.78 is 18.9. The molecule has 6 aromatic carbocycles. The highest BCUT2D eigenvalue weighted by Crippen LogP contribution is 2.60. The lowest BCUT2D eigenvalue weighted by Gasteiger charge is -2.42. The van der Waals surface area contributed by atoms with Gasteiger partial charge in [-0.2, -0.15) is 0 Å². The highest BCUT2D eigenvalue weighted by atomic mass is 16.5. The molecule has 16 nitrogen and oxygen atoms in total. The predicted octanol–water partition coefficient (Wildman–Crippen LogP) is 5.03. The second-order valence-electron chi connectivity index (χ2n) is 15.3. The summed E-state index contributed by atoms with van der Waals surface area (Å²) in [6.45, 7) is 0. The van der Waals surface area contributed by atoms with Gasteiger partial charge in [0.25, 0.3) is 0 Å². The third kappa shape index (κ3) is 6.35. The van der Waals surface area contributed by atoms with Gasteiger partial charge in [-0.05, 0) is 65.2 Å². The molecular weight excluding hydrogens is 796 g/mol. The van der Waals surface area contributed by atoms with Gasteiger partial charge in [-0.25, -0.2) is 0 Å². The standard InChI is InChI=1S/C45H38O16/c46-20-4-6-22-32(14-20)59-43(18-2-9-26(49)29(52)12-18)40(57)34(22)36-38(55)24-16-31(54)42(17-1-8-25(48)28(51)11-17)61-45(24)37(39(36)56)35-23-7-5-21(47)15-33(23)60-44(41(35)58)19-3-10-27(50)30(53)13-19/h1-15,31,34-35,40-44,46-58H,16H2/t31-,34-,35-,40+,41+,42+,43-,44-/m0/s1. The minimum atomic E-state index is -1.69. The average Bonchev–Trinajstić information content (AvgIpc) is 3.22. The molecule has 0 aliphatic carbocycles. The number of aliphatic hydroxyl groups excluding tert-OH is 3. The van der Waals surface area contributed by atoms with Crippen LogP contribution >= 0.6 is 0 Å². The predicted molar refractivity (Wildman–Crippen MR) is 211 cm³/mol. The SMILES string of the molecule is Oc1ccc2c(c1)O[C@@H](c1ccc(O)c(O)c1)[C@H](O)[C@@H]2c1c(O)c2c(c([C@@H]3c4ccc(O)cc4O[C@@H](c4ccc(O)c(O)c4)[C@@H]3O)c1O)O[C@H](c1ccc(O)c(O)c1)[C@@H](O)C2. The van der Waals surface area contributed by atoms with E-state index in [-0.39, 0.29) is 79.7 Å². The molecule has 8 atom stereocenters. The van der Waals surface area contributed by atoms with Crippen molar-refractivity contribution in [3.8, 4) is 74.7 Å². The van der Waals surface area contributed by atoms with Crippen LogP contribution in [0.3, 0.4) is 0 Å². The van der Waals surface area contributed by atoms with Crippen LogP contribution in [0.4, 0.5) is 0 Å². The lowest BCUT2D eigenvalue weighted by atomic mass is 9.73. The Bertz CT molecular complexity index is 2730. The number of phenols is 10. The molecule has 16 heteroatoms. The fourth-order valence-corrected chi connectivity index (χ4v) is 8.75. The summed E-state index contributed by atoms with van der Waals surface area (Å²) in [5.41, 5.74) is 0.295. The summed E-state index contributed by atoms with van der Waals surface area (Å²) in [6, 6.07) is 19.2. The quantitative estimate of drug-likeness (QED) is 0.101. The van der Waals surface area contributed by atoms with Crippen molar-refractivity contribution in [1.82, 2.24) is 0 Å². The Morgan fingerprint density at radius 3 is 1.28 bits per heavy atom. The monoisotopic (exact) mass is 834 g/mol. The van der Waals surface area contributed by atoms with Crippen LogP contribution in [0, 0.1) is 0 Å². The Balaban J connectivity index is 1.31. The number of hydrogen-bond donors (Lipinski definition) is 13. The molecule has 0 fully saturated rings. The van der Waals surface area contributed by atoms with Crippen LogP contribution in [0.1, 0.15) is 74.7 Å². The van der Waals surface area contributed by atoms with Gasteiger partial charge in [-0.15, -0.1) is 0 Å². The highest BCUT2D eigenvalue weighted by Gasteiger charge is 2.49. The Morgan fingerprint density at radius 2 is 0.836 bits per heavy atom. The Morgan fingerprint density at radius 1 is 0.410 bits per heavy atom. The lowest BCUT2D eigenvalue weighted by Crippen LogP contribution is -2.38. The van der Waals surface area contributed by atoms with E-state index in [1.165, 1.54) is 78.9 Å². The van der Waals surface area contributed by atoms with Gasteiger partial charge < -0.3 is 80.6 Å². The van der Waals surface area contributed by atoms with E-state index in [1.807, 2.05) is 0 Å². The molecule has 13 N–H and O–H groups in total. The van der Waals surface area contributed by atoms with Crippen LogP contribution in [0.2, 0.25) is 0 Å². The molecule has 0 radical (unpaired) electrons. The molecule has 0 aromatic heterocycles. The summed E-state index contributed by atoms with van der Waals surface area (Å²) in [5.74, 6) is -7.77. The Kier molecular flexibility index (Phi) is 9.23. The molecule has 6 aromatic rings. The number of phenolic OH excluding ortho intramolecular Hbond substituents is 10. The van der Waals surface area contributed by atoms with E-state index in [0.29, 0.717) is 0 Å². The number of fused-ring (bicyclic) bond motifs is 3. The number of ether oxygens (including phenoxy) is 3. The first kappa shape index (κ1) is 39.1. The first-order chi connectivity index (χ1) is 29.1. The van der Waals surface area contributed by atoms with Gasteiger partial charge in [-0.3, -0.25) is 0 Å². The number of hydrogen-bond acceptors (Lipinski definition) is 16. The van der Waals surface area contributed by atoms with Crippen molar-refractivity contribution in [2.24, 2.45) is 0 Å². The van der Waals surface area contributed by atoms with Gasteiger partial charge >= 0.3 is 0 Å². The van der Waals surface area contributed by atoms with Crippen molar-refractivity contribution in [2.75, 3.05) is 0 Å². The molecule has 9 rings (SSSR count). The van der Waals surface area contributed by atoms with Gasteiger partial charge in [0.15, 0.2) is 46.7 Å². The second kappa shape index (κ2) is 14.4. The molecule has 0 bridgehead atoms. The zero-order valence-corrected chi connectivity index (χ0v) is 31.5. The molecule has 314 valence electrons. The van der Waals surface area contributed by atoms with E-state index < -0.39 is 94.5 Å². The fourth-order valence-electron chi connectivity index (χ4n) is 8.75. The molecule has 3 aliphatic rings. The van der Waals surface area contributed by atoms with Crippen molar-refractivity contribution in [1.29, 1.82) is 0 Å². The Hall–Kier alpha value is -7.40. The number of aromatic hydroxyl groups is 10. The van der Waals surface area contributed by atoms with Crippen molar-refractivity contribution >= 4 is 0 Å². The van der Waals surface area contributed by atoms with Crippen LogP contribution in [-0.4, -0.2) is 84.7 Å². The Labute approximate surface area is 345 Å². The van der Waals surface area contributed by atoms with E-state index in [2.05, 4.69) is 0 Å². The van der Waals surface area contributed by atoms with Gasteiger partial charge in [0.05, 0.1) is 6.10 Å². The summed E-state index contributed by atoms with van der Waals surface area (Å²) in [5, 5.41) is 144.